The highest BCUT2D eigenvalue weighted by atomic mass is 16.5. The number of rotatable bonds is 6. The highest BCUT2D eigenvalue weighted by Gasteiger charge is 2.20. The molecule has 1 fully saturated rings. The Kier molecular flexibility index (Phi) is 5.43. The van der Waals surface area contributed by atoms with Crippen LogP contribution in [0.4, 0.5) is 0 Å². The molecule has 2 aromatic rings. The molecular weight excluding hydrogens is 302 g/mol. The molecule has 126 valence electrons. The van der Waals surface area contributed by atoms with Gasteiger partial charge in [0.2, 0.25) is 5.91 Å². The summed E-state index contributed by atoms with van der Waals surface area (Å²) in [6.45, 7) is 2.48. The Morgan fingerprint density at radius 2 is 1.75 bits per heavy atom. The van der Waals surface area contributed by atoms with Crippen LogP contribution in [0.2, 0.25) is 0 Å². The first-order valence-electron chi connectivity index (χ1n) is 8.32. The van der Waals surface area contributed by atoms with Gasteiger partial charge in [-0.3, -0.25) is 14.7 Å². The van der Waals surface area contributed by atoms with Crippen LogP contribution < -0.4 is 10.1 Å². The van der Waals surface area contributed by atoms with Crippen LogP contribution in [-0.4, -0.2) is 42.5 Å². The largest absolute Gasteiger partial charge is 0.497 e. The van der Waals surface area contributed by atoms with Crippen LogP contribution in [0.1, 0.15) is 30.0 Å². The Labute approximate surface area is 142 Å². The summed E-state index contributed by atoms with van der Waals surface area (Å²) in [5.74, 6) is 0.852. The van der Waals surface area contributed by atoms with Crippen molar-refractivity contribution in [3.63, 3.8) is 0 Å². The third-order valence-electron chi connectivity index (χ3n) is 4.36. The molecule has 0 aliphatic carbocycles. The molecule has 0 saturated carbocycles. The van der Waals surface area contributed by atoms with Crippen molar-refractivity contribution in [3.05, 3.63) is 59.9 Å². The second-order valence-electron chi connectivity index (χ2n) is 6.04. The molecule has 0 radical (unpaired) electrons. The van der Waals surface area contributed by atoms with E-state index in [1.807, 2.05) is 36.4 Å². The van der Waals surface area contributed by atoms with Gasteiger partial charge in [-0.15, -0.1) is 0 Å². The molecule has 0 bridgehead atoms. The van der Waals surface area contributed by atoms with Gasteiger partial charge in [0.25, 0.3) is 0 Å². The first-order chi connectivity index (χ1) is 11.8. The van der Waals surface area contributed by atoms with Crippen LogP contribution in [0, 0.1) is 0 Å². The van der Waals surface area contributed by atoms with Gasteiger partial charge in [0.1, 0.15) is 5.75 Å². The fourth-order valence-electron chi connectivity index (χ4n) is 3.06. The number of benzene rings is 1. The highest BCUT2D eigenvalue weighted by molar-refractivity contribution is 5.79. The number of amides is 1. The molecule has 1 aliphatic heterocycles. The zero-order valence-electron chi connectivity index (χ0n) is 13.9. The fourth-order valence-corrected chi connectivity index (χ4v) is 3.06. The quantitative estimate of drug-likeness (QED) is 0.886. The summed E-state index contributed by atoms with van der Waals surface area (Å²) in [5.41, 5.74) is 2.04. The van der Waals surface area contributed by atoms with Crippen molar-refractivity contribution in [2.45, 2.75) is 18.9 Å². The van der Waals surface area contributed by atoms with E-state index in [4.69, 9.17) is 4.74 Å². The Hall–Kier alpha value is -2.40. The molecule has 5 nitrogen and oxygen atoms in total. The number of ether oxygens (including phenoxy) is 1. The minimum Gasteiger partial charge on any atom is -0.497 e. The van der Waals surface area contributed by atoms with E-state index in [1.165, 1.54) is 12.8 Å². The van der Waals surface area contributed by atoms with Gasteiger partial charge in [0.05, 0.1) is 19.7 Å². The average Bonchev–Trinajstić information content (AvgIpc) is 3.13. The summed E-state index contributed by atoms with van der Waals surface area (Å²) >= 11 is 0. The maximum atomic E-state index is 12.5. The van der Waals surface area contributed by atoms with E-state index in [9.17, 15) is 4.79 Å². The van der Waals surface area contributed by atoms with E-state index >= 15 is 0 Å². The topological polar surface area (TPSA) is 54.5 Å². The van der Waals surface area contributed by atoms with Crippen LogP contribution in [-0.2, 0) is 4.79 Å². The molecule has 0 spiro atoms. The zero-order valence-corrected chi connectivity index (χ0v) is 13.9. The van der Waals surface area contributed by atoms with Crippen molar-refractivity contribution in [1.29, 1.82) is 0 Å². The Morgan fingerprint density at radius 1 is 1.12 bits per heavy atom. The van der Waals surface area contributed by atoms with Crippen LogP contribution in [0.3, 0.4) is 0 Å². The van der Waals surface area contributed by atoms with Gasteiger partial charge in [-0.05, 0) is 61.3 Å². The molecule has 3 rings (SSSR count). The number of hydrogen-bond donors (Lipinski definition) is 1. The molecule has 1 amide bonds. The summed E-state index contributed by atoms with van der Waals surface area (Å²) < 4.78 is 5.22. The second kappa shape index (κ2) is 7.93. The third-order valence-corrected chi connectivity index (χ3v) is 4.36. The molecule has 24 heavy (non-hydrogen) atoms. The maximum Gasteiger partial charge on any atom is 0.234 e. The van der Waals surface area contributed by atoms with E-state index in [-0.39, 0.29) is 11.9 Å². The number of pyridine rings is 1. The molecule has 5 heteroatoms. The molecule has 1 aliphatic rings. The lowest BCUT2D eigenvalue weighted by Crippen LogP contribution is -2.38. The third kappa shape index (κ3) is 4.11. The number of methoxy groups -OCH3 is 1. The number of aromatic nitrogens is 1. The van der Waals surface area contributed by atoms with Gasteiger partial charge in [0, 0.05) is 12.4 Å². The second-order valence-corrected chi connectivity index (χ2v) is 6.04. The van der Waals surface area contributed by atoms with Crippen molar-refractivity contribution in [3.8, 4) is 5.75 Å². The number of nitrogens with zero attached hydrogens (tertiary/aromatic N) is 2. The number of hydrogen-bond acceptors (Lipinski definition) is 4. The first-order valence-corrected chi connectivity index (χ1v) is 8.32. The van der Waals surface area contributed by atoms with Crippen molar-refractivity contribution >= 4 is 5.91 Å². The van der Waals surface area contributed by atoms with Crippen molar-refractivity contribution in [2.24, 2.45) is 0 Å². The number of carbonyl (C=O) groups is 1. The molecule has 1 aromatic heterocycles. The number of likely N-dealkylation sites (tertiary alicyclic amines) is 1. The standard InChI is InChI=1S/C19H23N3O2/c1-24-17-6-4-15(5-7-17)19(16-8-10-20-11-9-16)21-18(23)14-22-12-2-3-13-22/h4-11,19H,2-3,12-14H2,1H3,(H,21,23). The van der Waals surface area contributed by atoms with Crippen LogP contribution >= 0.6 is 0 Å². The Balaban J connectivity index is 1.77. The van der Waals surface area contributed by atoms with Crippen molar-refractivity contribution < 1.29 is 9.53 Å². The van der Waals surface area contributed by atoms with Gasteiger partial charge in [-0.1, -0.05) is 12.1 Å². The minimum absolute atomic E-state index is 0.0505. The predicted octanol–water partition coefficient (Wildman–Crippen LogP) is 2.39. The summed E-state index contributed by atoms with van der Waals surface area (Å²) in [5, 5.41) is 3.16. The SMILES string of the molecule is COc1ccc(C(NC(=O)CN2CCCC2)c2ccncc2)cc1. The van der Waals surface area contributed by atoms with Crippen LogP contribution in [0.5, 0.6) is 5.75 Å². The zero-order chi connectivity index (χ0) is 16.8. The van der Waals surface area contributed by atoms with Crippen LogP contribution in [0.25, 0.3) is 0 Å². The molecule has 1 atom stereocenters. The van der Waals surface area contributed by atoms with Gasteiger partial charge in [0.15, 0.2) is 0 Å². The van der Waals surface area contributed by atoms with Gasteiger partial charge in [-0.2, -0.15) is 0 Å². The van der Waals surface area contributed by atoms with E-state index in [0.29, 0.717) is 6.54 Å². The Morgan fingerprint density at radius 3 is 2.38 bits per heavy atom. The average molecular weight is 325 g/mol. The summed E-state index contributed by atoms with van der Waals surface area (Å²) in [6.07, 6.45) is 5.86. The van der Waals surface area contributed by atoms with Gasteiger partial charge in [-0.25, -0.2) is 0 Å². The molecule has 1 saturated heterocycles. The minimum atomic E-state index is -0.186. The summed E-state index contributed by atoms with van der Waals surface area (Å²) in [4.78, 5) is 18.8. The van der Waals surface area contributed by atoms with Gasteiger partial charge < -0.3 is 10.1 Å². The monoisotopic (exact) mass is 325 g/mol. The molecule has 1 aromatic carbocycles. The smallest absolute Gasteiger partial charge is 0.234 e. The lowest BCUT2D eigenvalue weighted by molar-refractivity contribution is -0.122. The fraction of sp³-hybridized carbons (Fsp3) is 0.368. The number of nitrogens with one attached hydrogen (secondary N) is 1. The van der Waals surface area contributed by atoms with E-state index < -0.39 is 0 Å². The molecule has 1 unspecified atom stereocenters. The van der Waals surface area contributed by atoms with Crippen molar-refractivity contribution in [2.75, 3.05) is 26.7 Å². The maximum absolute atomic E-state index is 12.5. The summed E-state index contributed by atoms with van der Waals surface area (Å²) in [6, 6.07) is 11.5. The van der Waals surface area contributed by atoms with E-state index in [0.717, 1.165) is 30.0 Å². The van der Waals surface area contributed by atoms with Gasteiger partial charge >= 0.3 is 0 Å². The van der Waals surface area contributed by atoms with Crippen LogP contribution in [0.15, 0.2) is 48.8 Å². The Bertz CT molecular complexity index is 652. The summed E-state index contributed by atoms with van der Waals surface area (Å²) in [7, 11) is 1.65. The molecular formula is C19H23N3O2. The lowest BCUT2D eigenvalue weighted by Gasteiger charge is -2.22. The first kappa shape index (κ1) is 16.5. The van der Waals surface area contributed by atoms with Crippen molar-refractivity contribution in [1.82, 2.24) is 15.2 Å². The van der Waals surface area contributed by atoms with E-state index in [2.05, 4.69) is 15.2 Å². The normalized spacial score (nSPS) is 15.9. The van der Waals surface area contributed by atoms with E-state index in [1.54, 1.807) is 19.5 Å². The predicted molar refractivity (Wildman–Crippen MR) is 92.9 cm³/mol. The number of carbonyl (C=O) groups excluding carboxylic acids is 1. The lowest BCUT2D eigenvalue weighted by atomic mass is 9.99. The molecule has 1 N–H and O–H groups in total. The highest BCUT2D eigenvalue weighted by Crippen LogP contribution is 2.24. The molecule has 2 heterocycles.